The fourth-order valence-electron chi connectivity index (χ4n) is 4.49. The summed E-state index contributed by atoms with van der Waals surface area (Å²) in [5.74, 6) is -0.252. The maximum atomic E-state index is 13.0. The number of rotatable bonds is 11. The molecule has 34 heavy (non-hydrogen) atoms. The van der Waals surface area contributed by atoms with Crippen molar-refractivity contribution in [3.8, 4) is 11.1 Å². The third-order valence-corrected chi connectivity index (χ3v) is 5.98. The molecule has 6 heteroatoms. The lowest BCUT2D eigenvalue weighted by molar-refractivity contribution is -0.139. The van der Waals surface area contributed by atoms with Crippen LogP contribution in [0.1, 0.15) is 44.5 Å². The van der Waals surface area contributed by atoms with E-state index in [4.69, 9.17) is 0 Å². The average molecular weight is 463 g/mol. The number of amides is 1. The van der Waals surface area contributed by atoms with Gasteiger partial charge in [-0.15, -0.1) is 0 Å². The van der Waals surface area contributed by atoms with E-state index in [2.05, 4.69) is 72.7 Å². The highest BCUT2D eigenvalue weighted by atomic mass is 16.3. The number of hydrogen-bond donors (Lipinski definition) is 3. The summed E-state index contributed by atoms with van der Waals surface area (Å²) >= 11 is 0. The minimum absolute atomic E-state index is 0.206. The van der Waals surface area contributed by atoms with E-state index in [1.165, 1.54) is 5.56 Å². The smallest absolute Gasteiger partial charge is 0.248 e. The number of carbonyl (C=O) groups excluding carboxylic acids is 1. The quantitative estimate of drug-likeness (QED) is 0.295. The first-order valence-corrected chi connectivity index (χ1v) is 11.9. The fourth-order valence-corrected chi connectivity index (χ4v) is 4.49. The monoisotopic (exact) mass is 462 g/mol. The molecule has 0 radical (unpaired) electrons. The van der Waals surface area contributed by atoms with E-state index in [9.17, 15) is 9.90 Å². The van der Waals surface area contributed by atoms with Gasteiger partial charge in [0.25, 0.3) is 0 Å². The number of aromatic nitrogens is 1. The molecule has 3 N–H and O–H groups in total. The molecule has 1 atom stereocenters. The van der Waals surface area contributed by atoms with Crippen LogP contribution in [-0.4, -0.2) is 47.2 Å². The molecular weight excluding hydrogens is 424 g/mol. The summed E-state index contributed by atoms with van der Waals surface area (Å²) < 4.78 is 2.26. The molecule has 0 saturated carbocycles. The first-order chi connectivity index (χ1) is 16.3. The molecule has 0 aliphatic heterocycles. The van der Waals surface area contributed by atoms with Crippen molar-refractivity contribution in [2.24, 2.45) is 5.41 Å². The Hall–Kier alpha value is -2.93. The Labute approximate surface area is 203 Å². The second kappa shape index (κ2) is 12.0. The molecule has 0 aliphatic rings. The fraction of sp³-hybridized carbons (Fsp3) is 0.393. The molecular formula is C28H38N4O2. The van der Waals surface area contributed by atoms with Crippen molar-refractivity contribution in [1.82, 2.24) is 20.3 Å². The van der Waals surface area contributed by atoms with E-state index in [0.29, 0.717) is 13.1 Å². The van der Waals surface area contributed by atoms with Gasteiger partial charge in [0.15, 0.2) is 0 Å². The van der Waals surface area contributed by atoms with Gasteiger partial charge < -0.3 is 14.6 Å². The molecule has 1 amide bonds. The summed E-state index contributed by atoms with van der Waals surface area (Å²) in [6, 6.07) is 22.7. The van der Waals surface area contributed by atoms with Crippen LogP contribution < -0.4 is 10.9 Å². The zero-order valence-corrected chi connectivity index (χ0v) is 20.8. The van der Waals surface area contributed by atoms with E-state index < -0.39 is 6.61 Å². The largest absolute Gasteiger partial charge is 0.387 e. The predicted octanol–water partition coefficient (Wildman–Crippen LogP) is 4.23. The molecule has 6 nitrogen and oxygen atoms in total. The van der Waals surface area contributed by atoms with E-state index in [-0.39, 0.29) is 17.4 Å². The van der Waals surface area contributed by atoms with Crippen molar-refractivity contribution in [1.29, 1.82) is 0 Å². The molecule has 2 aromatic carbocycles. The van der Waals surface area contributed by atoms with Gasteiger partial charge in [0.1, 0.15) is 6.61 Å². The predicted molar refractivity (Wildman–Crippen MR) is 138 cm³/mol. The molecule has 0 saturated heterocycles. The molecule has 3 aromatic rings. The third kappa shape index (κ3) is 6.56. The van der Waals surface area contributed by atoms with Gasteiger partial charge >= 0.3 is 0 Å². The first-order valence-electron chi connectivity index (χ1n) is 11.9. The maximum Gasteiger partial charge on any atom is 0.248 e. The van der Waals surface area contributed by atoms with Gasteiger partial charge in [-0.05, 0) is 41.6 Å². The number of nitrogens with one attached hydrogen (secondary N) is 2. The summed E-state index contributed by atoms with van der Waals surface area (Å²) in [6.45, 7) is 7.95. The molecule has 3 rings (SSSR count). The highest BCUT2D eigenvalue weighted by Gasteiger charge is 2.36. The molecule has 1 unspecified atom stereocenters. The summed E-state index contributed by atoms with van der Waals surface area (Å²) in [4.78, 5) is 14.9. The lowest BCUT2D eigenvalue weighted by atomic mass is 9.83. The number of hydrazine groups is 1. The SMILES string of the molecule is CNNCCCN(C(=O)CO)C(c1cc(-c2ccccc2)cn1Cc1ccccc1)C(C)(C)C. The molecule has 0 aliphatic carbocycles. The molecule has 0 spiro atoms. The molecule has 0 bridgehead atoms. The topological polar surface area (TPSA) is 69.5 Å². The summed E-state index contributed by atoms with van der Waals surface area (Å²) in [5, 5.41) is 9.83. The number of carbonyl (C=O) groups is 1. The molecule has 0 fully saturated rings. The number of aliphatic hydroxyl groups is 1. The minimum atomic E-state index is -0.503. The zero-order valence-electron chi connectivity index (χ0n) is 20.8. The van der Waals surface area contributed by atoms with Crippen LogP contribution in [0.15, 0.2) is 72.9 Å². The lowest BCUT2D eigenvalue weighted by Crippen LogP contribution is -2.44. The highest BCUT2D eigenvalue weighted by molar-refractivity contribution is 5.78. The lowest BCUT2D eigenvalue weighted by Gasteiger charge is -2.41. The van der Waals surface area contributed by atoms with Crippen LogP contribution in [0.25, 0.3) is 11.1 Å². The average Bonchev–Trinajstić information content (AvgIpc) is 3.23. The van der Waals surface area contributed by atoms with E-state index in [1.54, 1.807) is 0 Å². The highest BCUT2D eigenvalue weighted by Crippen LogP contribution is 2.40. The third-order valence-electron chi connectivity index (χ3n) is 5.98. The number of nitrogens with zero attached hydrogens (tertiary/aromatic N) is 2. The van der Waals surface area contributed by atoms with Crippen LogP contribution in [0.4, 0.5) is 0 Å². The normalized spacial score (nSPS) is 12.5. The first kappa shape index (κ1) is 25.7. The number of hydrogen-bond acceptors (Lipinski definition) is 4. The second-order valence-corrected chi connectivity index (χ2v) is 9.68. The van der Waals surface area contributed by atoms with Crippen LogP contribution in [0.5, 0.6) is 0 Å². The van der Waals surface area contributed by atoms with Crippen molar-refractivity contribution in [2.75, 3.05) is 26.7 Å². The Morgan fingerprint density at radius 3 is 2.26 bits per heavy atom. The van der Waals surface area contributed by atoms with Crippen LogP contribution in [-0.2, 0) is 11.3 Å². The number of aliphatic hydroxyl groups excluding tert-OH is 1. The molecule has 1 aromatic heterocycles. The van der Waals surface area contributed by atoms with Crippen LogP contribution in [0.2, 0.25) is 0 Å². The standard InChI is InChI=1S/C28H38N4O2/c1-28(2,3)27(32(26(34)21-33)17-11-16-30-29-4)25-18-24(23-14-9-6-10-15-23)20-31(25)19-22-12-7-5-8-13-22/h5-10,12-15,18,20,27,29-30,33H,11,16-17,19,21H2,1-4H3. The van der Waals surface area contributed by atoms with Gasteiger partial charge in [0.2, 0.25) is 5.91 Å². The number of benzene rings is 2. The minimum Gasteiger partial charge on any atom is -0.387 e. The maximum absolute atomic E-state index is 13.0. The van der Waals surface area contributed by atoms with Gasteiger partial charge in [-0.3, -0.25) is 15.6 Å². The van der Waals surface area contributed by atoms with Crippen molar-refractivity contribution in [3.05, 3.63) is 84.2 Å². The van der Waals surface area contributed by atoms with Gasteiger partial charge in [0.05, 0.1) is 6.04 Å². The van der Waals surface area contributed by atoms with Gasteiger partial charge in [-0.25, -0.2) is 0 Å². The van der Waals surface area contributed by atoms with Gasteiger partial charge in [-0.1, -0.05) is 81.4 Å². The molecule has 1 heterocycles. The zero-order chi connectivity index (χ0) is 24.6. The Bertz CT molecular complexity index is 1030. The van der Waals surface area contributed by atoms with Gasteiger partial charge in [0, 0.05) is 31.5 Å². The van der Waals surface area contributed by atoms with E-state index >= 15 is 0 Å². The van der Waals surface area contributed by atoms with Crippen LogP contribution in [0, 0.1) is 5.41 Å². The van der Waals surface area contributed by atoms with Crippen molar-refractivity contribution < 1.29 is 9.90 Å². The Morgan fingerprint density at radius 2 is 1.68 bits per heavy atom. The van der Waals surface area contributed by atoms with E-state index in [0.717, 1.165) is 29.8 Å². The van der Waals surface area contributed by atoms with Crippen molar-refractivity contribution in [3.63, 3.8) is 0 Å². The van der Waals surface area contributed by atoms with Gasteiger partial charge in [-0.2, -0.15) is 0 Å². The summed E-state index contributed by atoms with van der Waals surface area (Å²) in [5.41, 5.74) is 10.3. The van der Waals surface area contributed by atoms with Crippen LogP contribution >= 0.6 is 0 Å². The second-order valence-electron chi connectivity index (χ2n) is 9.68. The van der Waals surface area contributed by atoms with E-state index in [1.807, 2.05) is 48.3 Å². The summed E-state index contributed by atoms with van der Waals surface area (Å²) in [6.07, 6.45) is 2.95. The Morgan fingerprint density at radius 1 is 1.03 bits per heavy atom. The Kier molecular flexibility index (Phi) is 9.05. The Balaban J connectivity index is 2.09. The summed E-state index contributed by atoms with van der Waals surface area (Å²) in [7, 11) is 1.83. The van der Waals surface area contributed by atoms with Crippen molar-refractivity contribution >= 4 is 5.91 Å². The van der Waals surface area contributed by atoms with Crippen LogP contribution in [0.3, 0.4) is 0 Å². The molecule has 182 valence electrons. The van der Waals surface area contributed by atoms with Crippen molar-refractivity contribution in [2.45, 2.75) is 39.8 Å².